The number of amides is 3. The van der Waals surface area contributed by atoms with E-state index in [2.05, 4.69) is 10.6 Å². The summed E-state index contributed by atoms with van der Waals surface area (Å²) in [7, 11) is 1.76. The van der Waals surface area contributed by atoms with Gasteiger partial charge in [-0.2, -0.15) is 0 Å². The molecule has 126 valence electrons. The molecule has 1 fully saturated rings. The summed E-state index contributed by atoms with van der Waals surface area (Å²) in [4.78, 5) is 25.4. The Morgan fingerprint density at radius 3 is 2.65 bits per heavy atom. The molecule has 6 heteroatoms. The lowest BCUT2D eigenvalue weighted by Crippen LogP contribution is -2.43. The Hall–Kier alpha value is -2.08. The van der Waals surface area contributed by atoms with Crippen molar-refractivity contribution < 1.29 is 14.3 Å². The Morgan fingerprint density at radius 1 is 1.26 bits per heavy atom. The number of carbonyl (C=O) groups excluding carboxylic acids is 2. The highest BCUT2D eigenvalue weighted by atomic mass is 16.5. The van der Waals surface area contributed by atoms with Crippen molar-refractivity contribution in [3.63, 3.8) is 0 Å². The normalized spacial score (nSPS) is 16.9. The minimum atomic E-state index is -0.337. The summed E-state index contributed by atoms with van der Waals surface area (Å²) in [5.41, 5.74) is 2.20. The van der Waals surface area contributed by atoms with E-state index in [-0.39, 0.29) is 18.5 Å². The van der Waals surface area contributed by atoms with Gasteiger partial charge in [-0.05, 0) is 18.9 Å². The zero-order valence-corrected chi connectivity index (χ0v) is 13.8. The van der Waals surface area contributed by atoms with Gasteiger partial charge in [-0.1, -0.05) is 29.8 Å². The lowest BCUT2D eigenvalue weighted by molar-refractivity contribution is -0.129. The van der Waals surface area contributed by atoms with Gasteiger partial charge in [-0.25, -0.2) is 4.79 Å². The summed E-state index contributed by atoms with van der Waals surface area (Å²) in [5, 5.41) is 5.34. The van der Waals surface area contributed by atoms with Crippen LogP contribution in [-0.2, 0) is 16.1 Å². The van der Waals surface area contributed by atoms with Crippen LogP contribution in [0.15, 0.2) is 24.3 Å². The van der Waals surface area contributed by atoms with E-state index in [0.29, 0.717) is 25.6 Å². The fraction of sp³-hybridized carbons (Fsp3) is 0.529. The number of benzene rings is 1. The highest BCUT2D eigenvalue weighted by Gasteiger charge is 2.20. The molecule has 1 saturated heterocycles. The molecular formula is C17H25N3O3. The van der Waals surface area contributed by atoms with Crippen molar-refractivity contribution in [1.82, 2.24) is 15.5 Å². The molecule has 2 rings (SSSR count). The van der Waals surface area contributed by atoms with Crippen molar-refractivity contribution in [1.29, 1.82) is 0 Å². The van der Waals surface area contributed by atoms with Crippen LogP contribution in [0.2, 0.25) is 0 Å². The van der Waals surface area contributed by atoms with Crippen LogP contribution in [0.3, 0.4) is 0 Å². The molecule has 1 atom stereocenters. The first-order valence-electron chi connectivity index (χ1n) is 7.93. The molecule has 0 aromatic heterocycles. The molecule has 1 aliphatic heterocycles. The van der Waals surface area contributed by atoms with E-state index in [9.17, 15) is 9.59 Å². The summed E-state index contributed by atoms with van der Waals surface area (Å²) in [5.74, 6) is 0.307. The summed E-state index contributed by atoms with van der Waals surface area (Å²) in [6.45, 7) is 4.61. The lowest BCUT2D eigenvalue weighted by Gasteiger charge is -2.20. The number of hydrogen-bond acceptors (Lipinski definition) is 3. The first-order chi connectivity index (χ1) is 11.0. The van der Waals surface area contributed by atoms with E-state index in [4.69, 9.17) is 4.74 Å². The molecule has 2 N–H and O–H groups in total. The molecule has 1 heterocycles. The molecule has 1 aliphatic rings. The third-order valence-corrected chi connectivity index (χ3v) is 3.96. The van der Waals surface area contributed by atoms with Crippen molar-refractivity contribution in [3.8, 4) is 0 Å². The highest BCUT2D eigenvalue weighted by Crippen LogP contribution is 2.13. The van der Waals surface area contributed by atoms with Gasteiger partial charge in [0.1, 0.15) is 0 Å². The molecule has 0 saturated carbocycles. The van der Waals surface area contributed by atoms with E-state index in [0.717, 1.165) is 18.6 Å². The molecule has 0 radical (unpaired) electrons. The molecule has 1 aromatic carbocycles. The Balaban J connectivity index is 1.64. The SMILES string of the molecule is Cc1ccc(CNC(=O)NCC(=O)N(C)CC2CCOC2)cc1. The maximum absolute atomic E-state index is 12.0. The van der Waals surface area contributed by atoms with E-state index < -0.39 is 0 Å². The van der Waals surface area contributed by atoms with Crippen LogP contribution in [0.4, 0.5) is 4.79 Å². The quantitative estimate of drug-likeness (QED) is 0.830. The summed E-state index contributed by atoms with van der Waals surface area (Å²) >= 11 is 0. The van der Waals surface area contributed by atoms with Crippen LogP contribution in [0, 0.1) is 12.8 Å². The van der Waals surface area contributed by atoms with Crippen LogP contribution in [0.5, 0.6) is 0 Å². The number of nitrogens with one attached hydrogen (secondary N) is 2. The number of rotatable bonds is 6. The second-order valence-electron chi connectivity index (χ2n) is 6.03. The molecule has 0 spiro atoms. The van der Waals surface area contributed by atoms with Crippen molar-refractivity contribution in [2.24, 2.45) is 5.92 Å². The molecule has 0 aliphatic carbocycles. The van der Waals surface area contributed by atoms with Gasteiger partial charge in [0, 0.05) is 32.7 Å². The smallest absolute Gasteiger partial charge is 0.315 e. The topological polar surface area (TPSA) is 70.7 Å². The molecule has 3 amide bonds. The third kappa shape index (κ3) is 5.90. The maximum Gasteiger partial charge on any atom is 0.315 e. The van der Waals surface area contributed by atoms with Crippen molar-refractivity contribution in [2.75, 3.05) is 33.4 Å². The largest absolute Gasteiger partial charge is 0.381 e. The Labute approximate surface area is 137 Å². The minimum Gasteiger partial charge on any atom is -0.381 e. The summed E-state index contributed by atoms with van der Waals surface area (Å²) in [6, 6.07) is 7.60. The second-order valence-corrected chi connectivity index (χ2v) is 6.03. The number of urea groups is 1. The predicted molar refractivity (Wildman–Crippen MR) is 88.0 cm³/mol. The average molecular weight is 319 g/mol. The number of ether oxygens (including phenoxy) is 1. The Bertz CT molecular complexity index is 524. The van der Waals surface area contributed by atoms with Gasteiger partial charge in [-0.3, -0.25) is 4.79 Å². The first-order valence-corrected chi connectivity index (χ1v) is 7.93. The number of nitrogens with zero attached hydrogens (tertiary/aromatic N) is 1. The van der Waals surface area contributed by atoms with Gasteiger partial charge in [0.25, 0.3) is 0 Å². The van der Waals surface area contributed by atoms with Gasteiger partial charge in [-0.15, -0.1) is 0 Å². The van der Waals surface area contributed by atoms with E-state index in [1.807, 2.05) is 31.2 Å². The van der Waals surface area contributed by atoms with Gasteiger partial charge in [0.05, 0.1) is 13.2 Å². The van der Waals surface area contributed by atoms with Gasteiger partial charge >= 0.3 is 6.03 Å². The molecular weight excluding hydrogens is 294 g/mol. The van der Waals surface area contributed by atoms with Gasteiger partial charge in [0.15, 0.2) is 0 Å². The van der Waals surface area contributed by atoms with E-state index in [1.54, 1.807) is 11.9 Å². The van der Waals surface area contributed by atoms with E-state index in [1.165, 1.54) is 5.56 Å². The van der Waals surface area contributed by atoms with Crippen molar-refractivity contribution in [3.05, 3.63) is 35.4 Å². The first kappa shape index (κ1) is 17.3. The van der Waals surface area contributed by atoms with Crippen molar-refractivity contribution in [2.45, 2.75) is 19.9 Å². The monoisotopic (exact) mass is 319 g/mol. The minimum absolute atomic E-state index is 0.00378. The van der Waals surface area contributed by atoms with E-state index >= 15 is 0 Å². The molecule has 0 bridgehead atoms. The number of aryl methyl sites for hydroxylation is 1. The summed E-state index contributed by atoms with van der Waals surface area (Å²) < 4.78 is 5.30. The standard InChI is InChI=1S/C17H25N3O3/c1-13-3-5-14(6-4-13)9-18-17(22)19-10-16(21)20(2)11-15-7-8-23-12-15/h3-6,15H,7-12H2,1-2H3,(H2,18,19,22). The average Bonchev–Trinajstić information content (AvgIpc) is 3.05. The molecule has 1 unspecified atom stereocenters. The molecule has 1 aromatic rings. The summed E-state index contributed by atoms with van der Waals surface area (Å²) in [6.07, 6.45) is 0.988. The molecule has 6 nitrogen and oxygen atoms in total. The predicted octanol–water partition coefficient (Wildman–Crippen LogP) is 1.29. The maximum atomic E-state index is 12.0. The Kier molecular flexibility index (Phi) is 6.40. The number of likely N-dealkylation sites (N-methyl/N-ethyl adjacent to an activating group) is 1. The zero-order chi connectivity index (χ0) is 16.7. The lowest BCUT2D eigenvalue weighted by atomic mass is 10.1. The molecule has 23 heavy (non-hydrogen) atoms. The Morgan fingerprint density at radius 2 is 2.00 bits per heavy atom. The zero-order valence-electron chi connectivity index (χ0n) is 13.8. The fourth-order valence-corrected chi connectivity index (χ4v) is 2.46. The van der Waals surface area contributed by atoms with Crippen LogP contribution in [-0.4, -0.2) is 50.2 Å². The van der Waals surface area contributed by atoms with Crippen molar-refractivity contribution >= 4 is 11.9 Å². The highest BCUT2D eigenvalue weighted by molar-refractivity contribution is 5.83. The fourth-order valence-electron chi connectivity index (χ4n) is 2.46. The number of carbonyl (C=O) groups is 2. The third-order valence-electron chi connectivity index (χ3n) is 3.96. The van der Waals surface area contributed by atoms with Crippen LogP contribution in [0.25, 0.3) is 0 Å². The van der Waals surface area contributed by atoms with Gasteiger partial charge in [0.2, 0.25) is 5.91 Å². The van der Waals surface area contributed by atoms with Gasteiger partial charge < -0.3 is 20.3 Å². The second kappa shape index (κ2) is 8.53. The number of hydrogen-bond donors (Lipinski definition) is 2. The van der Waals surface area contributed by atoms with Crippen LogP contribution >= 0.6 is 0 Å². The van der Waals surface area contributed by atoms with Crippen LogP contribution < -0.4 is 10.6 Å². The van der Waals surface area contributed by atoms with Crippen LogP contribution in [0.1, 0.15) is 17.5 Å².